The molecule has 6 nitrogen and oxygen atoms in total. The van der Waals surface area contributed by atoms with Gasteiger partial charge in [-0.2, -0.15) is 10.2 Å². The molecule has 1 N–H and O–H groups in total. The molecule has 0 aromatic carbocycles. The van der Waals surface area contributed by atoms with Gasteiger partial charge in [0.2, 0.25) is 5.91 Å². The number of amides is 1. The van der Waals surface area contributed by atoms with E-state index in [0.717, 1.165) is 29.3 Å². The Hall–Kier alpha value is -1.82. The molecule has 0 saturated heterocycles. The molecule has 7 heteroatoms. The summed E-state index contributed by atoms with van der Waals surface area (Å²) in [6, 6.07) is 0. The first-order valence-corrected chi connectivity index (χ1v) is 7.75. The zero-order chi connectivity index (χ0) is 16.4. The van der Waals surface area contributed by atoms with Crippen LogP contribution in [0.25, 0.3) is 0 Å². The van der Waals surface area contributed by atoms with Crippen molar-refractivity contribution in [1.82, 2.24) is 19.6 Å². The van der Waals surface area contributed by atoms with Crippen LogP contribution in [0.1, 0.15) is 30.9 Å². The van der Waals surface area contributed by atoms with Crippen molar-refractivity contribution in [1.29, 1.82) is 0 Å². The summed E-state index contributed by atoms with van der Waals surface area (Å²) >= 11 is 6.14. The summed E-state index contributed by atoms with van der Waals surface area (Å²) in [4.78, 5) is 12.3. The minimum Gasteiger partial charge on any atom is -0.323 e. The lowest BCUT2D eigenvalue weighted by molar-refractivity contribution is -0.119. The van der Waals surface area contributed by atoms with E-state index in [4.69, 9.17) is 11.6 Å². The van der Waals surface area contributed by atoms with Crippen LogP contribution in [-0.4, -0.2) is 25.5 Å². The van der Waals surface area contributed by atoms with Gasteiger partial charge in [-0.15, -0.1) is 0 Å². The van der Waals surface area contributed by atoms with Crippen molar-refractivity contribution in [2.24, 2.45) is 5.92 Å². The smallest absolute Gasteiger partial charge is 0.229 e. The molecule has 1 atom stereocenters. The average Bonchev–Trinajstić information content (AvgIpc) is 2.95. The average molecular weight is 324 g/mol. The van der Waals surface area contributed by atoms with Gasteiger partial charge in [-0.25, -0.2) is 0 Å². The maximum Gasteiger partial charge on any atom is 0.229 e. The van der Waals surface area contributed by atoms with Crippen LogP contribution in [0, 0.1) is 26.7 Å². The largest absolute Gasteiger partial charge is 0.323 e. The highest BCUT2D eigenvalue weighted by molar-refractivity contribution is 6.31. The third-order valence-electron chi connectivity index (χ3n) is 3.85. The minimum absolute atomic E-state index is 0.0533. The molecule has 22 heavy (non-hydrogen) atoms. The fourth-order valence-electron chi connectivity index (χ4n) is 2.34. The molecule has 2 heterocycles. The zero-order valence-electron chi connectivity index (χ0n) is 13.6. The van der Waals surface area contributed by atoms with E-state index in [0.29, 0.717) is 11.6 Å². The van der Waals surface area contributed by atoms with Crippen LogP contribution in [0.15, 0.2) is 6.20 Å². The summed E-state index contributed by atoms with van der Waals surface area (Å²) in [5.41, 5.74) is 3.38. The lowest BCUT2D eigenvalue weighted by Crippen LogP contribution is -2.25. The number of carbonyl (C=O) groups excluding carboxylic acids is 1. The van der Waals surface area contributed by atoms with Crippen molar-refractivity contribution in [3.63, 3.8) is 0 Å². The molecule has 1 amide bonds. The number of hydrogen-bond acceptors (Lipinski definition) is 3. The summed E-state index contributed by atoms with van der Waals surface area (Å²) in [5.74, 6) is -0.277. The van der Waals surface area contributed by atoms with Crippen molar-refractivity contribution >= 4 is 23.2 Å². The number of anilines is 1. The first-order valence-electron chi connectivity index (χ1n) is 7.37. The van der Waals surface area contributed by atoms with Crippen LogP contribution in [0.2, 0.25) is 5.02 Å². The Balaban J connectivity index is 2.05. The molecular formula is C15H22ClN5O. The van der Waals surface area contributed by atoms with E-state index in [1.165, 1.54) is 0 Å². The van der Waals surface area contributed by atoms with Gasteiger partial charge in [-0.05, 0) is 27.7 Å². The van der Waals surface area contributed by atoms with E-state index in [-0.39, 0.29) is 11.8 Å². The van der Waals surface area contributed by atoms with E-state index < -0.39 is 0 Å². The second kappa shape index (κ2) is 6.52. The molecule has 120 valence electrons. The molecule has 0 radical (unpaired) electrons. The van der Waals surface area contributed by atoms with Crippen molar-refractivity contribution in [3.05, 3.63) is 28.3 Å². The standard InChI is InChI=1S/C15H22ClN5O/c1-6-20-11(4)13(7-17-20)18-15(22)9(2)8-21-12(5)14(16)10(3)19-21/h7,9H,6,8H2,1-5H3,(H,18,22). The van der Waals surface area contributed by atoms with Gasteiger partial charge in [0.25, 0.3) is 0 Å². The van der Waals surface area contributed by atoms with Gasteiger partial charge in [-0.3, -0.25) is 14.2 Å². The fraction of sp³-hybridized carbons (Fsp3) is 0.533. The zero-order valence-corrected chi connectivity index (χ0v) is 14.4. The first kappa shape index (κ1) is 16.5. The van der Waals surface area contributed by atoms with Gasteiger partial charge < -0.3 is 5.32 Å². The molecule has 1 unspecified atom stereocenters. The lowest BCUT2D eigenvalue weighted by Gasteiger charge is -2.13. The fourth-order valence-corrected chi connectivity index (χ4v) is 2.47. The van der Waals surface area contributed by atoms with E-state index in [2.05, 4.69) is 15.5 Å². The van der Waals surface area contributed by atoms with Crippen molar-refractivity contribution in [2.75, 3.05) is 5.32 Å². The maximum absolute atomic E-state index is 12.3. The Morgan fingerprint density at radius 1 is 1.32 bits per heavy atom. The third-order valence-corrected chi connectivity index (χ3v) is 4.40. The summed E-state index contributed by atoms with van der Waals surface area (Å²) in [6.45, 7) is 10.9. The molecule has 0 saturated carbocycles. The second-order valence-electron chi connectivity index (χ2n) is 5.52. The normalized spacial score (nSPS) is 12.5. The molecule has 0 aliphatic carbocycles. The summed E-state index contributed by atoms with van der Waals surface area (Å²) < 4.78 is 3.63. The number of carbonyl (C=O) groups is 1. The lowest BCUT2D eigenvalue weighted by atomic mass is 10.1. The number of rotatable bonds is 5. The van der Waals surface area contributed by atoms with E-state index in [1.54, 1.807) is 10.9 Å². The van der Waals surface area contributed by atoms with E-state index >= 15 is 0 Å². The summed E-state index contributed by atoms with van der Waals surface area (Å²) in [6.07, 6.45) is 1.68. The van der Waals surface area contributed by atoms with Crippen LogP contribution in [0.3, 0.4) is 0 Å². The van der Waals surface area contributed by atoms with Crippen LogP contribution in [-0.2, 0) is 17.9 Å². The number of aryl methyl sites for hydroxylation is 2. The number of nitrogens with zero attached hydrogens (tertiary/aromatic N) is 4. The van der Waals surface area contributed by atoms with Gasteiger partial charge in [0.1, 0.15) is 0 Å². The molecule has 0 aliphatic heterocycles. The quantitative estimate of drug-likeness (QED) is 0.920. The number of aromatic nitrogens is 4. The SMILES string of the molecule is CCn1ncc(NC(=O)C(C)Cn2nc(C)c(Cl)c2C)c1C. The molecule has 0 spiro atoms. The first-order chi connectivity index (χ1) is 10.3. The van der Waals surface area contributed by atoms with E-state index in [9.17, 15) is 4.79 Å². The topological polar surface area (TPSA) is 64.7 Å². The Morgan fingerprint density at radius 2 is 2.00 bits per heavy atom. The van der Waals surface area contributed by atoms with Crippen molar-refractivity contribution in [2.45, 2.75) is 47.7 Å². The Bertz CT molecular complexity index is 688. The van der Waals surface area contributed by atoms with E-state index in [1.807, 2.05) is 39.3 Å². The highest BCUT2D eigenvalue weighted by Crippen LogP contribution is 2.20. The Labute approximate surface area is 135 Å². The molecule has 0 bridgehead atoms. The Morgan fingerprint density at radius 3 is 2.50 bits per heavy atom. The number of nitrogens with one attached hydrogen (secondary N) is 1. The predicted molar refractivity (Wildman–Crippen MR) is 87.1 cm³/mol. The molecule has 0 fully saturated rings. The molecule has 2 aromatic rings. The van der Waals surface area contributed by atoms with Crippen molar-refractivity contribution < 1.29 is 4.79 Å². The van der Waals surface area contributed by atoms with Crippen LogP contribution in [0.4, 0.5) is 5.69 Å². The monoisotopic (exact) mass is 323 g/mol. The molecule has 2 rings (SSSR count). The van der Waals surface area contributed by atoms with Crippen LogP contribution >= 0.6 is 11.6 Å². The number of hydrogen-bond donors (Lipinski definition) is 1. The third kappa shape index (κ3) is 3.16. The highest BCUT2D eigenvalue weighted by atomic mass is 35.5. The minimum atomic E-state index is -0.224. The van der Waals surface area contributed by atoms with Crippen molar-refractivity contribution in [3.8, 4) is 0 Å². The van der Waals surface area contributed by atoms with Crippen LogP contribution < -0.4 is 5.32 Å². The predicted octanol–water partition coefficient (Wildman–Crippen LogP) is 2.95. The molecule has 0 aliphatic rings. The summed E-state index contributed by atoms with van der Waals surface area (Å²) in [5, 5.41) is 12.2. The second-order valence-corrected chi connectivity index (χ2v) is 5.89. The Kier molecular flexibility index (Phi) is 4.90. The molecule has 2 aromatic heterocycles. The van der Waals surface area contributed by atoms with Gasteiger partial charge >= 0.3 is 0 Å². The summed E-state index contributed by atoms with van der Waals surface area (Å²) in [7, 11) is 0. The van der Waals surface area contributed by atoms with Gasteiger partial charge in [-0.1, -0.05) is 18.5 Å². The van der Waals surface area contributed by atoms with Gasteiger partial charge in [0.15, 0.2) is 0 Å². The maximum atomic E-state index is 12.3. The molecular weight excluding hydrogens is 302 g/mol. The van der Waals surface area contributed by atoms with Gasteiger partial charge in [0, 0.05) is 6.54 Å². The van der Waals surface area contributed by atoms with Gasteiger partial charge in [0.05, 0.1) is 46.5 Å². The highest BCUT2D eigenvalue weighted by Gasteiger charge is 2.18. The number of halogens is 1. The van der Waals surface area contributed by atoms with Crippen LogP contribution in [0.5, 0.6) is 0 Å².